The number of anilines is 1. The molecule has 146 valence electrons. The van der Waals surface area contributed by atoms with Crippen molar-refractivity contribution < 1.29 is 9.47 Å². The summed E-state index contributed by atoms with van der Waals surface area (Å²) in [6.45, 7) is 0. The standard InChI is InChI=1S/C25H19N3O2/c1-29-19-12-10-17(11-13-19)24-15-22(23(16-26)25(27)28-24)18-6-5-9-21(14-18)30-20-7-3-2-4-8-20/h2-15H,1H3,(H2,27,28). The Morgan fingerprint density at radius 2 is 1.53 bits per heavy atom. The van der Waals surface area contributed by atoms with E-state index < -0.39 is 0 Å². The largest absolute Gasteiger partial charge is 0.497 e. The van der Waals surface area contributed by atoms with Gasteiger partial charge in [-0.05, 0) is 60.2 Å². The number of nitrogens with zero attached hydrogens (tertiary/aromatic N) is 2. The van der Waals surface area contributed by atoms with E-state index in [9.17, 15) is 5.26 Å². The van der Waals surface area contributed by atoms with Gasteiger partial charge in [-0.25, -0.2) is 4.98 Å². The zero-order valence-electron chi connectivity index (χ0n) is 16.4. The predicted molar refractivity (Wildman–Crippen MR) is 117 cm³/mol. The minimum Gasteiger partial charge on any atom is -0.497 e. The Kier molecular flexibility index (Phi) is 5.31. The lowest BCUT2D eigenvalue weighted by Gasteiger charge is -2.12. The molecule has 3 aromatic carbocycles. The van der Waals surface area contributed by atoms with Crippen LogP contribution in [-0.4, -0.2) is 12.1 Å². The minimum atomic E-state index is 0.190. The van der Waals surface area contributed by atoms with Crippen LogP contribution in [0.25, 0.3) is 22.4 Å². The molecule has 5 heteroatoms. The number of para-hydroxylation sites is 1. The third kappa shape index (κ3) is 3.94. The zero-order valence-corrected chi connectivity index (χ0v) is 16.4. The monoisotopic (exact) mass is 393 g/mol. The van der Waals surface area contributed by atoms with E-state index in [1.165, 1.54) is 0 Å². The average Bonchev–Trinajstić information content (AvgIpc) is 2.79. The molecule has 4 rings (SSSR count). The van der Waals surface area contributed by atoms with E-state index in [1.807, 2.05) is 84.9 Å². The fraction of sp³-hybridized carbons (Fsp3) is 0.0400. The van der Waals surface area contributed by atoms with Crippen LogP contribution in [-0.2, 0) is 0 Å². The normalized spacial score (nSPS) is 10.3. The van der Waals surface area contributed by atoms with Crippen molar-refractivity contribution in [3.05, 3.63) is 90.5 Å². The highest BCUT2D eigenvalue weighted by Gasteiger charge is 2.14. The molecule has 1 aromatic heterocycles. The lowest BCUT2D eigenvalue weighted by molar-refractivity contribution is 0.415. The number of nitriles is 1. The summed E-state index contributed by atoms with van der Waals surface area (Å²) in [5, 5.41) is 9.68. The first-order chi connectivity index (χ1) is 14.7. The second-order valence-corrected chi connectivity index (χ2v) is 6.60. The summed E-state index contributed by atoms with van der Waals surface area (Å²) in [5.74, 6) is 2.36. The van der Waals surface area contributed by atoms with Crippen LogP contribution >= 0.6 is 0 Å². The summed E-state index contributed by atoms with van der Waals surface area (Å²) in [6, 6.07) is 28.7. The second-order valence-electron chi connectivity index (χ2n) is 6.60. The van der Waals surface area contributed by atoms with Crippen molar-refractivity contribution in [2.24, 2.45) is 0 Å². The van der Waals surface area contributed by atoms with E-state index in [4.69, 9.17) is 15.2 Å². The minimum absolute atomic E-state index is 0.190. The van der Waals surface area contributed by atoms with E-state index in [0.29, 0.717) is 22.6 Å². The first-order valence-electron chi connectivity index (χ1n) is 9.36. The highest BCUT2D eigenvalue weighted by molar-refractivity contribution is 5.80. The van der Waals surface area contributed by atoms with Crippen LogP contribution in [0.2, 0.25) is 0 Å². The van der Waals surface area contributed by atoms with Crippen molar-refractivity contribution >= 4 is 5.82 Å². The van der Waals surface area contributed by atoms with Gasteiger partial charge in [0, 0.05) is 11.1 Å². The van der Waals surface area contributed by atoms with E-state index in [1.54, 1.807) is 7.11 Å². The van der Waals surface area contributed by atoms with Crippen LogP contribution in [0.15, 0.2) is 84.9 Å². The predicted octanol–water partition coefficient (Wildman–Crippen LogP) is 5.67. The Morgan fingerprint density at radius 3 is 2.23 bits per heavy atom. The molecule has 0 spiro atoms. The topological polar surface area (TPSA) is 81.2 Å². The van der Waals surface area contributed by atoms with Crippen molar-refractivity contribution in [1.29, 1.82) is 5.26 Å². The Bertz CT molecular complexity index is 1210. The van der Waals surface area contributed by atoms with Crippen LogP contribution in [0.1, 0.15) is 5.56 Å². The molecule has 0 fully saturated rings. The molecule has 30 heavy (non-hydrogen) atoms. The van der Waals surface area contributed by atoms with Crippen LogP contribution in [0.3, 0.4) is 0 Å². The summed E-state index contributed by atoms with van der Waals surface area (Å²) in [7, 11) is 1.62. The average molecular weight is 393 g/mol. The summed E-state index contributed by atoms with van der Waals surface area (Å²) >= 11 is 0. The maximum Gasteiger partial charge on any atom is 0.142 e. The van der Waals surface area contributed by atoms with Gasteiger partial charge in [0.25, 0.3) is 0 Å². The number of hydrogen-bond acceptors (Lipinski definition) is 5. The molecular weight excluding hydrogens is 374 g/mol. The van der Waals surface area contributed by atoms with Gasteiger partial charge in [0.15, 0.2) is 0 Å². The highest BCUT2D eigenvalue weighted by Crippen LogP contribution is 2.34. The Morgan fingerprint density at radius 1 is 0.800 bits per heavy atom. The van der Waals surface area contributed by atoms with Crippen molar-refractivity contribution in [1.82, 2.24) is 4.98 Å². The lowest BCUT2D eigenvalue weighted by atomic mass is 9.98. The molecule has 1 heterocycles. The van der Waals surface area contributed by atoms with Gasteiger partial charge in [-0.2, -0.15) is 5.26 Å². The van der Waals surface area contributed by atoms with Gasteiger partial charge in [0.2, 0.25) is 0 Å². The summed E-state index contributed by atoms with van der Waals surface area (Å²) in [4.78, 5) is 4.43. The van der Waals surface area contributed by atoms with Gasteiger partial charge in [0.05, 0.1) is 12.8 Å². The zero-order chi connectivity index (χ0) is 20.9. The molecule has 0 unspecified atom stereocenters. The number of hydrogen-bond donors (Lipinski definition) is 1. The number of rotatable bonds is 5. The van der Waals surface area contributed by atoms with Crippen LogP contribution in [0, 0.1) is 11.3 Å². The Hall–Kier alpha value is -4.30. The van der Waals surface area contributed by atoms with Crippen molar-refractivity contribution in [3.8, 4) is 45.7 Å². The molecule has 0 atom stereocenters. The highest BCUT2D eigenvalue weighted by atomic mass is 16.5. The number of nitrogen functional groups attached to an aromatic ring is 1. The fourth-order valence-electron chi connectivity index (χ4n) is 3.17. The molecule has 0 amide bonds. The Balaban J connectivity index is 1.77. The van der Waals surface area contributed by atoms with Crippen LogP contribution < -0.4 is 15.2 Å². The maximum absolute atomic E-state index is 9.68. The molecule has 0 bridgehead atoms. The number of pyridine rings is 1. The molecular formula is C25H19N3O2. The molecule has 5 nitrogen and oxygen atoms in total. The molecule has 0 saturated carbocycles. The number of aromatic nitrogens is 1. The summed E-state index contributed by atoms with van der Waals surface area (Å²) < 4.78 is 11.2. The molecule has 0 radical (unpaired) electrons. The van der Waals surface area contributed by atoms with Gasteiger partial charge in [-0.3, -0.25) is 0 Å². The van der Waals surface area contributed by atoms with Gasteiger partial charge in [0.1, 0.15) is 34.7 Å². The molecule has 0 aliphatic heterocycles. The van der Waals surface area contributed by atoms with E-state index in [2.05, 4.69) is 11.1 Å². The number of nitrogens with two attached hydrogens (primary N) is 1. The SMILES string of the molecule is COc1ccc(-c2cc(-c3cccc(Oc4ccccc4)c3)c(C#N)c(N)n2)cc1. The smallest absolute Gasteiger partial charge is 0.142 e. The molecule has 0 saturated heterocycles. The molecule has 4 aromatic rings. The van der Waals surface area contributed by atoms with Gasteiger partial charge < -0.3 is 15.2 Å². The lowest BCUT2D eigenvalue weighted by Crippen LogP contribution is -2.00. The van der Waals surface area contributed by atoms with Gasteiger partial charge >= 0.3 is 0 Å². The first kappa shape index (κ1) is 19.0. The van der Waals surface area contributed by atoms with E-state index in [-0.39, 0.29) is 5.82 Å². The number of ether oxygens (including phenoxy) is 2. The number of benzene rings is 3. The van der Waals surface area contributed by atoms with Crippen molar-refractivity contribution in [3.63, 3.8) is 0 Å². The van der Waals surface area contributed by atoms with E-state index >= 15 is 0 Å². The third-order valence-electron chi connectivity index (χ3n) is 4.67. The molecule has 0 aliphatic carbocycles. The fourth-order valence-corrected chi connectivity index (χ4v) is 3.17. The molecule has 0 aliphatic rings. The van der Waals surface area contributed by atoms with Crippen LogP contribution in [0.4, 0.5) is 5.82 Å². The van der Waals surface area contributed by atoms with Gasteiger partial charge in [-0.15, -0.1) is 0 Å². The number of methoxy groups -OCH3 is 1. The quantitative estimate of drug-likeness (QED) is 0.472. The summed E-state index contributed by atoms with van der Waals surface area (Å²) in [6.07, 6.45) is 0. The van der Waals surface area contributed by atoms with Crippen LogP contribution in [0.5, 0.6) is 17.2 Å². The van der Waals surface area contributed by atoms with Crippen molar-refractivity contribution in [2.75, 3.05) is 12.8 Å². The van der Waals surface area contributed by atoms with Crippen molar-refractivity contribution in [2.45, 2.75) is 0 Å². The van der Waals surface area contributed by atoms with Gasteiger partial charge in [-0.1, -0.05) is 30.3 Å². The Labute approximate surface area is 175 Å². The van der Waals surface area contributed by atoms with E-state index in [0.717, 1.165) is 22.6 Å². The summed E-state index contributed by atoms with van der Waals surface area (Å²) in [5.41, 5.74) is 9.56. The maximum atomic E-state index is 9.68. The first-order valence-corrected chi connectivity index (χ1v) is 9.36. The third-order valence-corrected chi connectivity index (χ3v) is 4.67. The second kappa shape index (κ2) is 8.38. The molecule has 2 N–H and O–H groups in total.